The van der Waals surface area contributed by atoms with Gasteiger partial charge in [-0.05, 0) is 157 Å². The quantitative estimate of drug-likeness (QED) is 0.0773. The van der Waals surface area contributed by atoms with E-state index in [1.165, 1.54) is 32.8 Å². The molecule has 5 fully saturated rings. The average molecular weight is 805 g/mol. The first kappa shape index (κ1) is 44.6. The zero-order chi connectivity index (χ0) is 42.3. The van der Waals surface area contributed by atoms with E-state index in [2.05, 4.69) is 39.8 Å². The van der Waals surface area contributed by atoms with Crippen LogP contribution in [-0.4, -0.2) is 49.8 Å². The lowest BCUT2D eigenvalue weighted by atomic mass is 9.64. The van der Waals surface area contributed by atoms with Gasteiger partial charge in [0.15, 0.2) is 0 Å². The first-order valence-corrected chi connectivity index (χ1v) is 23.0. The predicted octanol–water partition coefficient (Wildman–Crippen LogP) is 11.0. The fourth-order valence-electron chi connectivity index (χ4n) is 13.3. The van der Waals surface area contributed by atoms with Gasteiger partial charge in [-0.25, -0.2) is 0 Å². The van der Waals surface area contributed by atoms with Crippen molar-refractivity contribution in [2.24, 2.45) is 62.6 Å². The first-order valence-electron chi connectivity index (χ1n) is 23.0. The summed E-state index contributed by atoms with van der Waals surface area (Å²) in [6.45, 7) is 19.1. The maximum absolute atomic E-state index is 14.9. The smallest absolute Gasteiger partial charge is 0.312 e. The number of carbonyl (C=O) groups excluding carboxylic acids is 4. The van der Waals surface area contributed by atoms with Crippen molar-refractivity contribution in [1.82, 2.24) is 0 Å². The van der Waals surface area contributed by atoms with Crippen molar-refractivity contribution < 1.29 is 38.1 Å². The summed E-state index contributed by atoms with van der Waals surface area (Å²) in [5.41, 5.74) is -1.93. The van der Waals surface area contributed by atoms with Gasteiger partial charge >= 0.3 is 23.9 Å². The second kappa shape index (κ2) is 17.2. The molecule has 0 spiro atoms. The van der Waals surface area contributed by atoms with Crippen LogP contribution < -0.4 is 0 Å². The van der Waals surface area contributed by atoms with E-state index in [9.17, 15) is 19.2 Å². The molecule has 12 unspecified atom stereocenters. The number of ether oxygens (including phenoxy) is 4. The predicted molar refractivity (Wildman–Crippen MR) is 225 cm³/mol. The van der Waals surface area contributed by atoms with Gasteiger partial charge in [-0.1, -0.05) is 77.8 Å². The summed E-state index contributed by atoms with van der Waals surface area (Å²) in [7, 11) is 1.40. The molecule has 0 heterocycles. The van der Waals surface area contributed by atoms with Crippen LogP contribution in [0.5, 0.6) is 0 Å². The Balaban J connectivity index is 1.27. The van der Waals surface area contributed by atoms with Crippen LogP contribution in [0.2, 0.25) is 0 Å². The molecule has 8 nitrogen and oxygen atoms in total. The molecular weight excluding hydrogens is 729 g/mol. The van der Waals surface area contributed by atoms with Gasteiger partial charge in [0, 0.05) is 5.92 Å². The lowest BCUT2D eigenvalue weighted by Crippen LogP contribution is -2.45. The minimum atomic E-state index is -1.19. The molecular formula is C50H76O8. The van der Waals surface area contributed by atoms with Crippen LogP contribution >= 0.6 is 0 Å². The van der Waals surface area contributed by atoms with Crippen molar-refractivity contribution in [3.8, 4) is 0 Å². The Labute approximate surface area is 350 Å². The van der Waals surface area contributed by atoms with Crippen LogP contribution in [0, 0.1) is 62.6 Å². The van der Waals surface area contributed by atoms with Gasteiger partial charge in [0.1, 0.15) is 12.2 Å². The molecule has 1 aromatic rings. The van der Waals surface area contributed by atoms with Gasteiger partial charge in [0.25, 0.3) is 0 Å². The molecule has 6 rings (SSSR count). The summed E-state index contributed by atoms with van der Waals surface area (Å²) >= 11 is 0. The molecule has 8 heteroatoms. The fourth-order valence-corrected chi connectivity index (χ4v) is 13.3. The maximum atomic E-state index is 14.9. The molecule has 0 aliphatic heterocycles. The van der Waals surface area contributed by atoms with Crippen LogP contribution in [0.4, 0.5) is 0 Å². The molecule has 5 saturated carbocycles. The normalized spacial score (nSPS) is 32.4. The zero-order valence-electron chi connectivity index (χ0n) is 37.7. The number of rotatable bonds is 19. The standard InChI is InChI=1S/C50H76O8/c1-11-13-24-56-42(51)32(12-2)28-49(8,45(54)57-40-26-34-25-38(40)37-21-17-20-36(34)37)31-48(7,44(53)55-10)29-35(33-18-15-14-16-19-33)27-46(3,4)43(52)58-41-30-50(9)23-22-39(41)47(50,5)6/h14-16,18-19,32,34-41H,11-13,17,20-31H2,1-10H3. The second-order valence-electron chi connectivity index (χ2n) is 21.7. The van der Waals surface area contributed by atoms with Gasteiger partial charge in [0.2, 0.25) is 0 Å². The largest absolute Gasteiger partial charge is 0.469 e. The number of hydrogen-bond donors (Lipinski definition) is 0. The van der Waals surface area contributed by atoms with Crippen molar-refractivity contribution in [1.29, 1.82) is 0 Å². The Morgan fingerprint density at radius 2 is 1.47 bits per heavy atom. The fraction of sp³-hybridized carbons (Fsp3) is 0.800. The molecule has 0 amide bonds. The molecule has 1 aromatic carbocycles. The third-order valence-electron chi connectivity index (χ3n) is 17.0. The van der Waals surface area contributed by atoms with Crippen molar-refractivity contribution >= 4 is 23.9 Å². The van der Waals surface area contributed by atoms with E-state index in [0.29, 0.717) is 49.5 Å². The molecule has 5 aliphatic carbocycles. The number of carbonyl (C=O) groups is 4. The van der Waals surface area contributed by atoms with Crippen molar-refractivity contribution in [3.63, 3.8) is 0 Å². The van der Waals surface area contributed by atoms with Gasteiger partial charge in [-0.15, -0.1) is 0 Å². The SMILES string of the molecule is CCCCOC(=O)C(CC)CC(C)(CC(C)(CC(CC(C)(C)C(=O)OC1CC2(C)CCC1C2(C)C)c1ccccc1)C(=O)OC)C(=O)OC1CC2CC1C1CCCC21. The van der Waals surface area contributed by atoms with E-state index < -0.39 is 28.1 Å². The summed E-state index contributed by atoms with van der Waals surface area (Å²) in [6, 6.07) is 10.1. The van der Waals surface area contributed by atoms with Crippen LogP contribution in [0.3, 0.4) is 0 Å². The first-order chi connectivity index (χ1) is 27.3. The average Bonchev–Trinajstić information content (AvgIpc) is 3.98. The van der Waals surface area contributed by atoms with Gasteiger partial charge < -0.3 is 18.9 Å². The third-order valence-corrected chi connectivity index (χ3v) is 17.0. The number of hydrogen-bond acceptors (Lipinski definition) is 8. The van der Waals surface area contributed by atoms with E-state index in [4.69, 9.17) is 18.9 Å². The summed E-state index contributed by atoms with van der Waals surface area (Å²) < 4.78 is 24.4. The summed E-state index contributed by atoms with van der Waals surface area (Å²) in [6.07, 6.45) is 12.0. The highest BCUT2D eigenvalue weighted by Gasteiger charge is 2.62. The highest BCUT2D eigenvalue weighted by molar-refractivity contribution is 5.82. The number of benzene rings is 1. The van der Waals surface area contributed by atoms with Crippen LogP contribution in [0.15, 0.2) is 30.3 Å². The van der Waals surface area contributed by atoms with E-state index in [0.717, 1.165) is 50.0 Å². The molecule has 58 heavy (non-hydrogen) atoms. The Morgan fingerprint density at radius 3 is 2.09 bits per heavy atom. The van der Waals surface area contributed by atoms with Gasteiger partial charge in [-0.2, -0.15) is 0 Å². The Kier molecular flexibility index (Phi) is 13.3. The number of methoxy groups -OCH3 is 1. The van der Waals surface area contributed by atoms with Crippen LogP contribution in [0.25, 0.3) is 0 Å². The van der Waals surface area contributed by atoms with Crippen LogP contribution in [0.1, 0.15) is 170 Å². The Bertz CT molecular complexity index is 1630. The lowest BCUT2D eigenvalue weighted by Gasteiger charge is -2.41. The topological polar surface area (TPSA) is 105 Å². The highest BCUT2D eigenvalue weighted by atomic mass is 16.6. The van der Waals surface area contributed by atoms with Crippen molar-refractivity contribution in [3.05, 3.63) is 35.9 Å². The highest BCUT2D eigenvalue weighted by Crippen LogP contribution is 2.66. The van der Waals surface area contributed by atoms with E-state index >= 15 is 0 Å². The third kappa shape index (κ3) is 8.65. The lowest BCUT2D eigenvalue weighted by molar-refractivity contribution is -0.172. The van der Waals surface area contributed by atoms with E-state index in [1.54, 1.807) is 0 Å². The number of fused-ring (bicyclic) bond motifs is 7. The van der Waals surface area contributed by atoms with Crippen molar-refractivity contribution in [2.75, 3.05) is 13.7 Å². The number of unbranched alkanes of at least 4 members (excludes halogenated alkanes) is 1. The monoisotopic (exact) mass is 805 g/mol. The number of esters is 4. The minimum Gasteiger partial charge on any atom is -0.469 e. The molecule has 4 bridgehead atoms. The molecule has 0 N–H and O–H groups in total. The van der Waals surface area contributed by atoms with E-state index in [-0.39, 0.29) is 59.7 Å². The van der Waals surface area contributed by atoms with Crippen molar-refractivity contribution in [2.45, 2.75) is 177 Å². The van der Waals surface area contributed by atoms with E-state index in [1.807, 2.05) is 52.8 Å². The molecule has 12 atom stereocenters. The molecule has 0 saturated heterocycles. The summed E-state index contributed by atoms with van der Waals surface area (Å²) in [5, 5.41) is 0. The molecule has 0 aromatic heterocycles. The minimum absolute atomic E-state index is 0.0995. The molecule has 0 radical (unpaired) electrons. The second-order valence-corrected chi connectivity index (χ2v) is 21.7. The summed E-state index contributed by atoms with van der Waals surface area (Å²) in [4.78, 5) is 57.0. The maximum Gasteiger partial charge on any atom is 0.312 e. The Morgan fingerprint density at radius 1 is 0.793 bits per heavy atom. The van der Waals surface area contributed by atoms with Crippen LogP contribution in [-0.2, 0) is 38.1 Å². The summed E-state index contributed by atoms with van der Waals surface area (Å²) in [5.74, 6) is 0.679. The zero-order valence-corrected chi connectivity index (χ0v) is 37.7. The van der Waals surface area contributed by atoms with Gasteiger partial charge in [0.05, 0.1) is 35.9 Å². The molecule has 324 valence electrons. The molecule has 5 aliphatic rings. The van der Waals surface area contributed by atoms with Gasteiger partial charge in [-0.3, -0.25) is 19.2 Å². The Hall–Kier alpha value is -2.90.